The number of hydrogen-bond acceptors (Lipinski definition) is 4. The van der Waals surface area contributed by atoms with E-state index >= 15 is 0 Å². The molecule has 1 aliphatic carbocycles. The Kier molecular flexibility index (Phi) is 6.33. The predicted octanol–water partition coefficient (Wildman–Crippen LogP) is 6.95. The third kappa shape index (κ3) is 4.72. The van der Waals surface area contributed by atoms with Crippen LogP contribution in [0.5, 0.6) is 0 Å². The predicted molar refractivity (Wildman–Crippen MR) is 121 cm³/mol. The third-order valence-corrected chi connectivity index (χ3v) is 6.34. The van der Waals surface area contributed by atoms with Crippen LogP contribution in [-0.4, -0.2) is 18.9 Å². The first-order valence-electron chi connectivity index (χ1n) is 10.1. The fourth-order valence-corrected chi connectivity index (χ4v) is 4.35. The summed E-state index contributed by atoms with van der Waals surface area (Å²) >= 11 is 0. The molecule has 0 saturated carbocycles. The monoisotopic (exact) mass is 407 g/mol. The second-order valence-electron chi connectivity index (χ2n) is 7.29. The van der Waals surface area contributed by atoms with Crippen LogP contribution in [-0.2, 0) is 0 Å². The van der Waals surface area contributed by atoms with Crippen LogP contribution in [0.3, 0.4) is 0 Å². The van der Waals surface area contributed by atoms with Crippen molar-refractivity contribution in [1.82, 2.24) is 0 Å². The second kappa shape index (κ2) is 9.30. The molecule has 0 amide bonds. The normalized spacial score (nSPS) is 16.2. The van der Waals surface area contributed by atoms with Crippen LogP contribution < -0.4 is 4.52 Å². The number of aliphatic imine (C=N–C) groups is 1. The Bertz CT molecular complexity index is 1030. The minimum Gasteiger partial charge on any atom is -0.399 e. The van der Waals surface area contributed by atoms with E-state index in [1.54, 1.807) is 0 Å². The van der Waals surface area contributed by atoms with Crippen LogP contribution in [0.2, 0.25) is 0 Å². The number of nitrogens with zero attached hydrogens (tertiary/aromatic N) is 1. The van der Waals surface area contributed by atoms with Crippen LogP contribution in [0.15, 0.2) is 86.2 Å². The van der Waals surface area contributed by atoms with Gasteiger partial charge in [0.1, 0.15) is 11.2 Å². The van der Waals surface area contributed by atoms with E-state index in [-0.39, 0.29) is 12.0 Å². The Morgan fingerprint density at radius 3 is 2.17 bits per heavy atom. The molecule has 0 aliphatic heterocycles. The molecule has 1 aromatic heterocycles. The van der Waals surface area contributed by atoms with Gasteiger partial charge in [0.05, 0.1) is 12.6 Å². The Balaban J connectivity index is 1.63. The van der Waals surface area contributed by atoms with Gasteiger partial charge < -0.3 is 8.39 Å². The van der Waals surface area contributed by atoms with E-state index in [4.69, 9.17) is 17.9 Å². The van der Waals surface area contributed by atoms with Gasteiger partial charge in [0.15, 0.2) is 0 Å². The molecule has 0 bridgehead atoms. The molecule has 0 radical (unpaired) electrons. The molecule has 150 valence electrons. The molecule has 1 heterocycles. The van der Waals surface area contributed by atoms with E-state index in [0.717, 1.165) is 28.4 Å². The van der Waals surface area contributed by atoms with Crippen LogP contribution in [0, 0.1) is 11.8 Å². The summed E-state index contributed by atoms with van der Waals surface area (Å²) in [4.78, 5) is 4.82. The van der Waals surface area contributed by atoms with Gasteiger partial charge in [-0.1, -0.05) is 81.0 Å². The number of rotatable bonds is 7. The lowest BCUT2D eigenvalue weighted by molar-refractivity contribution is 0.293. The molecule has 4 nitrogen and oxygen atoms in total. The molecule has 0 unspecified atom stereocenters. The number of fused-ring (bicyclic) bond motifs is 3. The largest absolute Gasteiger partial charge is 0.399 e. The van der Waals surface area contributed by atoms with Crippen molar-refractivity contribution in [2.24, 2.45) is 16.8 Å². The maximum absolute atomic E-state index is 6.15. The zero-order valence-corrected chi connectivity index (χ0v) is 17.7. The van der Waals surface area contributed by atoms with Gasteiger partial charge in [0.2, 0.25) is 0 Å². The molecule has 29 heavy (non-hydrogen) atoms. The third-order valence-electron chi connectivity index (χ3n) is 5.29. The molecule has 0 spiro atoms. The molecular formula is C24H26NO3P. The molecule has 0 N–H and O–H groups in total. The molecule has 1 aliphatic rings. The highest BCUT2D eigenvalue weighted by atomic mass is 31.1. The molecular weight excluding hydrogens is 381 g/mol. The van der Waals surface area contributed by atoms with Gasteiger partial charge in [-0.25, -0.2) is 0 Å². The Morgan fingerprint density at radius 2 is 1.59 bits per heavy atom. The summed E-state index contributed by atoms with van der Waals surface area (Å²) in [6, 6.07) is 16.0. The van der Waals surface area contributed by atoms with E-state index in [1.807, 2.05) is 54.7 Å². The highest BCUT2D eigenvalue weighted by Crippen LogP contribution is 2.34. The van der Waals surface area contributed by atoms with Gasteiger partial charge >= 0.3 is 8.24 Å². The van der Waals surface area contributed by atoms with Gasteiger partial charge in [-0.15, -0.1) is 0 Å². The molecule has 0 saturated heterocycles. The van der Waals surface area contributed by atoms with Crippen LogP contribution >= 0.6 is 8.24 Å². The van der Waals surface area contributed by atoms with Crippen molar-refractivity contribution in [2.45, 2.75) is 26.3 Å². The summed E-state index contributed by atoms with van der Waals surface area (Å²) in [7, 11) is -1.56. The van der Waals surface area contributed by atoms with Crippen LogP contribution in [0.25, 0.3) is 21.9 Å². The van der Waals surface area contributed by atoms with Crippen LogP contribution in [0.1, 0.15) is 20.3 Å². The Hall–Kier alpha value is -2.55. The maximum atomic E-state index is 6.15. The lowest BCUT2D eigenvalue weighted by Gasteiger charge is -2.18. The average molecular weight is 407 g/mol. The molecule has 5 heteroatoms. The first-order valence-corrected chi connectivity index (χ1v) is 11.2. The van der Waals surface area contributed by atoms with Gasteiger partial charge in [-0.05, 0) is 18.1 Å². The van der Waals surface area contributed by atoms with Gasteiger partial charge in [-0.2, -0.15) is 0 Å². The van der Waals surface area contributed by atoms with Crippen molar-refractivity contribution in [3.05, 3.63) is 72.8 Å². The zero-order chi connectivity index (χ0) is 20.1. The van der Waals surface area contributed by atoms with Gasteiger partial charge in [-0.3, -0.25) is 9.52 Å². The first kappa shape index (κ1) is 19.8. The quantitative estimate of drug-likeness (QED) is 0.398. The Labute approximate surface area is 172 Å². The highest BCUT2D eigenvalue weighted by molar-refractivity contribution is 7.31. The van der Waals surface area contributed by atoms with Crippen molar-refractivity contribution in [3.8, 4) is 0 Å². The minimum absolute atomic E-state index is 0.0610. The lowest BCUT2D eigenvalue weighted by atomic mass is 10.0. The standard InChI is InChI=1S/C24H26NO3P/c1-3-18(2)22(25-16-19-10-4-5-11-19)17-26-29-27-23-14-8-6-12-20(23)21-13-7-9-15-24(21)28-29/h4-16,18-19,22H,3,17H2,1-2H3/t18-,22+/m0/s1. The summed E-state index contributed by atoms with van der Waals surface area (Å²) in [5.74, 6) is 0.679. The Morgan fingerprint density at radius 1 is 1.00 bits per heavy atom. The first-order chi connectivity index (χ1) is 14.2. The van der Waals surface area contributed by atoms with E-state index in [2.05, 4.69) is 38.2 Å². The molecule has 4 rings (SSSR count). The molecule has 0 fully saturated rings. The van der Waals surface area contributed by atoms with Crippen molar-refractivity contribution < 1.29 is 12.9 Å². The second-order valence-corrected chi connectivity index (χ2v) is 8.36. The van der Waals surface area contributed by atoms with Gasteiger partial charge in [0.25, 0.3) is 0 Å². The average Bonchev–Trinajstić information content (AvgIpc) is 3.22. The fourth-order valence-electron chi connectivity index (χ4n) is 3.29. The number of para-hydroxylation sites is 2. The van der Waals surface area contributed by atoms with E-state index < -0.39 is 8.24 Å². The summed E-state index contributed by atoms with van der Waals surface area (Å²) in [5.41, 5.74) is 1.57. The molecule has 2 aromatic carbocycles. The van der Waals surface area contributed by atoms with Crippen molar-refractivity contribution >= 4 is 36.4 Å². The number of allylic oxidation sites excluding steroid dienone is 4. The maximum Gasteiger partial charge on any atom is 0.387 e. The summed E-state index contributed by atoms with van der Waals surface area (Å²) in [5, 5.41) is 2.04. The summed E-state index contributed by atoms with van der Waals surface area (Å²) < 4.78 is 18.4. The summed E-state index contributed by atoms with van der Waals surface area (Å²) in [6.45, 7) is 4.85. The van der Waals surface area contributed by atoms with Crippen LogP contribution in [0.4, 0.5) is 0 Å². The SMILES string of the molecule is CC[C@H](C)[C@@H](COp1oc2ccccc2c2ccccc2o1)N=CC1C=CC=C1. The smallest absolute Gasteiger partial charge is 0.387 e. The van der Waals surface area contributed by atoms with E-state index in [9.17, 15) is 0 Å². The minimum atomic E-state index is -1.56. The van der Waals surface area contributed by atoms with E-state index in [1.165, 1.54) is 0 Å². The lowest BCUT2D eigenvalue weighted by Crippen LogP contribution is -2.23. The topological polar surface area (TPSA) is 47.9 Å². The molecule has 2 atom stereocenters. The number of hydrogen-bond donors (Lipinski definition) is 0. The highest BCUT2D eigenvalue weighted by Gasteiger charge is 2.17. The van der Waals surface area contributed by atoms with E-state index in [0.29, 0.717) is 12.5 Å². The van der Waals surface area contributed by atoms with Crippen molar-refractivity contribution in [3.63, 3.8) is 0 Å². The fraction of sp³-hybridized carbons (Fsp3) is 0.292. The molecule has 3 aromatic rings. The van der Waals surface area contributed by atoms with Crippen molar-refractivity contribution in [1.29, 1.82) is 0 Å². The van der Waals surface area contributed by atoms with Crippen molar-refractivity contribution in [2.75, 3.05) is 6.61 Å². The van der Waals surface area contributed by atoms with Gasteiger partial charge in [0, 0.05) is 22.9 Å². The zero-order valence-electron chi connectivity index (χ0n) is 16.8. The number of benzene rings is 2. The summed E-state index contributed by atoms with van der Waals surface area (Å²) in [6.07, 6.45) is 11.4.